The molecule has 0 saturated heterocycles. The Labute approximate surface area is 198 Å². The van der Waals surface area contributed by atoms with Gasteiger partial charge in [0.05, 0.1) is 18.9 Å². The minimum absolute atomic E-state index is 0.114. The number of aromatic nitrogens is 3. The van der Waals surface area contributed by atoms with Gasteiger partial charge in [0, 0.05) is 17.8 Å². The summed E-state index contributed by atoms with van der Waals surface area (Å²) in [5.74, 6) is 1.21. The van der Waals surface area contributed by atoms with Crippen LogP contribution in [0, 0.1) is 0 Å². The normalized spacial score (nSPS) is 11.6. The van der Waals surface area contributed by atoms with E-state index < -0.39 is 0 Å². The number of hydrogen-bond donors (Lipinski definition) is 2. The number of carbonyl (C=O) groups excluding carboxylic acids is 2. The molecule has 174 valence electrons. The SMILES string of the molecule is CCc1ccc(NC(=O)CSc2nnc([C@H](C)NC(=O)c3ccc(OC)cc3)n2CC)cc1. The lowest BCUT2D eigenvalue weighted by atomic mass is 10.1. The Bertz CT molecular complexity index is 1080. The van der Waals surface area contributed by atoms with Crippen molar-refractivity contribution in [3.05, 3.63) is 65.5 Å². The van der Waals surface area contributed by atoms with Crippen LogP contribution in [0.5, 0.6) is 5.75 Å². The molecule has 0 spiro atoms. The number of thioether (sulfide) groups is 1. The Hall–Kier alpha value is -3.33. The largest absolute Gasteiger partial charge is 0.497 e. The number of hydrogen-bond acceptors (Lipinski definition) is 6. The monoisotopic (exact) mass is 467 g/mol. The predicted molar refractivity (Wildman–Crippen MR) is 130 cm³/mol. The van der Waals surface area contributed by atoms with E-state index in [2.05, 4.69) is 27.8 Å². The smallest absolute Gasteiger partial charge is 0.251 e. The van der Waals surface area contributed by atoms with Gasteiger partial charge < -0.3 is 19.9 Å². The van der Waals surface area contributed by atoms with Crippen molar-refractivity contribution in [1.82, 2.24) is 20.1 Å². The van der Waals surface area contributed by atoms with Gasteiger partial charge in [-0.3, -0.25) is 9.59 Å². The number of anilines is 1. The molecule has 0 radical (unpaired) electrons. The van der Waals surface area contributed by atoms with Crippen LogP contribution < -0.4 is 15.4 Å². The van der Waals surface area contributed by atoms with Gasteiger partial charge in [-0.15, -0.1) is 10.2 Å². The first-order valence-corrected chi connectivity index (χ1v) is 11.8. The number of amides is 2. The summed E-state index contributed by atoms with van der Waals surface area (Å²) >= 11 is 1.31. The van der Waals surface area contributed by atoms with Crippen LogP contribution >= 0.6 is 11.8 Å². The number of aryl methyl sites for hydroxylation is 1. The highest BCUT2D eigenvalue weighted by Crippen LogP contribution is 2.21. The highest BCUT2D eigenvalue weighted by molar-refractivity contribution is 7.99. The molecule has 2 aromatic carbocycles. The van der Waals surface area contributed by atoms with Crippen molar-refractivity contribution >= 4 is 29.3 Å². The van der Waals surface area contributed by atoms with Crippen molar-refractivity contribution in [2.45, 2.75) is 44.9 Å². The zero-order chi connectivity index (χ0) is 23.8. The molecule has 0 aliphatic heterocycles. The Balaban J connectivity index is 1.59. The Morgan fingerprint density at radius 2 is 1.76 bits per heavy atom. The first kappa shape index (κ1) is 24.3. The minimum Gasteiger partial charge on any atom is -0.497 e. The number of rotatable bonds is 10. The van der Waals surface area contributed by atoms with Crippen LogP contribution in [0.1, 0.15) is 48.6 Å². The third-order valence-electron chi connectivity index (χ3n) is 5.13. The van der Waals surface area contributed by atoms with E-state index in [1.807, 2.05) is 42.7 Å². The van der Waals surface area contributed by atoms with E-state index in [0.29, 0.717) is 28.8 Å². The third-order valence-corrected chi connectivity index (χ3v) is 6.09. The van der Waals surface area contributed by atoms with Gasteiger partial charge >= 0.3 is 0 Å². The highest BCUT2D eigenvalue weighted by Gasteiger charge is 2.20. The van der Waals surface area contributed by atoms with E-state index in [1.54, 1.807) is 31.4 Å². The first-order valence-electron chi connectivity index (χ1n) is 10.8. The molecule has 0 saturated carbocycles. The molecule has 9 heteroatoms. The Morgan fingerprint density at radius 3 is 2.36 bits per heavy atom. The molecule has 3 rings (SSSR count). The van der Waals surface area contributed by atoms with Crippen LogP contribution in [0.25, 0.3) is 0 Å². The molecule has 1 aromatic heterocycles. The van der Waals surface area contributed by atoms with Gasteiger partial charge in [0.1, 0.15) is 5.75 Å². The van der Waals surface area contributed by atoms with Crippen molar-refractivity contribution in [1.29, 1.82) is 0 Å². The van der Waals surface area contributed by atoms with Crippen LogP contribution in [0.4, 0.5) is 5.69 Å². The van der Waals surface area contributed by atoms with E-state index in [9.17, 15) is 9.59 Å². The molecule has 0 fully saturated rings. The maximum atomic E-state index is 12.6. The van der Waals surface area contributed by atoms with Gasteiger partial charge in [-0.25, -0.2) is 0 Å². The van der Waals surface area contributed by atoms with E-state index in [-0.39, 0.29) is 23.6 Å². The second-order valence-corrected chi connectivity index (χ2v) is 8.34. The van der Waals surface area contributed by atoms with Crippen molar-refractivity contribution in [3.8, 4) is 5.75 Å². The summed E-state index contributed by atoms with van der Waals surface area (Å²) in [6.45, 7) is 6.55. The first-order chi connectivity index (χ1) is 15.9. The lowest BCUT2D eigenvalue weighted by Crippen LogP contribution is -2.28. The molecule has 2 N–H and O–H groups in total. The molecule has 0 unspecified atom stereocenters. The molecular formula is C24H29N5O3S. The number of methoxy groups -OCH3 is 1. The second kappa shape index (κ2) is 11.5. The summed E-state index contributed by atoms with van der Waals surface area (Å²) in [5.41, 5.74) is 2.52. The molecule has 1 heterocycles. The summed E-state index contributed by atoms with van der Waals surface area (Å²) in [4.78, 5) is 25.0. The predicted octanol–water partition coefficient (Wildman–Crippen LogP) is 4.09. The Kier molecular flexibility index (Phi) is 8.48. The highest BCUT2D eigenvalue weighted by atomic mass is 32.2. The van der Waals surface area contributed by atoms with Crippen molar-refractivity contribution in [2.24, 2.45) is 0 Å². The van der Waals surface area contributed by atoms with E-state index >= 15 is 0 Å². The molecule has 0 bridgehead atoms. The summed E-state index contributed by atoms with van der Waals surface area (Å²) in [7, 11) is 1.58. The van der Waals surface area contributed by atoms with Crippen molar-refractivity contribution < 1.29 is 14.3 Å². The van der Waals surface area contributed by atoms with E-state index in [1.165, 1.54) is 17.3 Å². The summed E-state index contributed by atoms with van der Waals surface area (Å²) in [6, 6.07) is 14.4. The number of nitrogens with zero attached hydrogens (tertiary/aromatic N) is 3. The van der Waals surface area contributed by atoms with Gasteiger partial charge in [0.2, 0.25) is 5.91 Å². The zero-order valence-electron chi connectivity index (χ0n) is 19.3. The van der Waals surface area contributed by atoms with E-state index in [4.69, 9.17) is 4.74 Å². The molecule has 0 aliphatic rings. The quantitative estimate of drug-likeness (QED) is 0.436. The van der Waals surface area contributed by atoms with Crippen LogP contribution in [0.15, 0.2) is 53.7 Å². The standard InChI is InChI=1S/C24H29N5O3S/c1-5-17-7-11-19(12-8-17)26-21(30)15-33-24-28-27-22(29(24)6-2)16(3)25-23(31)18-9-13-20(32-4)14-10-18/h7-14,16H,5-6,15H2,1-4H3,(H,25,31)(H,26,30)/t16-/m0/s1. The second-order valence-electron chi connectivity index (χ2n) is 7.40. The van der Waals surface area contributed by atoms with Gasteiger partial charge in [-0.1, -0.05) is 30.8 Å². The lowest BCUT2D eigenvalue weighted by molar-refractivity contribution is -0.113. The summed E-state index contributed by atoms with van der Waals surface area (Å²) < 4.78 is 7.04. The van der Waals surface area contributed by atoms with Crippen molar-refractivity contribution in [2.75, 3.05) is 18.2 Å². The Morgan fingerprint density at radius 1 is 1.06 bits per heavy atom. The maximum Gasteiger partial charge on any atom is 0.251 e. The number of nitrogens with one attached hydrogen (secondary N) is 2. The number of benzene rings is 2. The molecule has 1 atom stereocenters. The topological polar surface area (TPSA) is 98.1 Å². The molecule has 3 aromatic rings. The molecular weight excluding hydrogens is 438 g/mol. The average Bonchev–Trinajstić information content (AvgIpc) is 3.26. The summed E-state index contributed by atoms with van der Waals surface area (Å²) in [6.07, 6.45) is 0.956. The van der Waals surface area contributed by atoms with Gasteiger partial charge in [-0.05, 0) is 62.2 Å². The fraction of sp³-hybridized carbons (Fsp3) is 0.333. The maximum absolute atomic E-state index is 12.6. The van der Waals surface area contributed by atoms with E-state index in [0.717, 1.165) is 12.1 Å². The number of carbonyl (C=O) groups is 2. The van der Waals surface area contributed by atoms with Gasteiger partial charge in [0.25, 0.3) is 5.91 Å². The van der Waals surface area contributed by atoms with Gasteiger partial charge in [-0.2, -0.15) is 0 Å². The number of ether oxygens (including phenoxy) is 1. The minimum atomic E-state index is -0.354. The van der Waals surface area contributed by atoms with Crippen molar-refractivity contribution in [3.63, 3.8) is 0 Å². The molecule has 2 amide bonds. The fourth-order valence-electron chi connectivity index (χ4n) is 3.26. The van der Waals surface area contributed by atoms with Crippen LogP contribution in [0.2, 0.25) is 0 Å². The van der Waals surface area contributed by atoms with Crippen LogP contribution in [-0.2, 0) is 17.8 Å². The van der Waals surface area contributed by atoms with Gasteiger partial charge in [0.15, 0.2) is 11.0 Å². The lowest BCUT2D eigenvalue weighted by Gasteiger charge is -2.15. The zero-order valence-corrected chi connectivity index (χ0v) is 20.1. The fourth-order valence-corrected chi connectivity index (χ4v) is 4.07. The summed E-state index contributed by atoms with van der Waals surface area (Å²) in [5, 5.41) is 15.0. The molecule has 8 nitrogen and oxygen atoms in total. The average molecular weight is 468 g/mol. The van der Waals surface area contributed by atoms with Crippen LogP contribution in [0.3, 0.4) is 0 Å². The molecule has 0 aliphatic carbocycles. The molecule has 33 heavy (non-hydrogen) atoms. The van der Waals surface area contributed by atoms with Crippen LogP contribution in [-0.4, -0.2) is 39.4 Å². The third kappa shape index (κ3) is 6.35.